The Morgan fingerprint density at radius 1 is 1.15 bits per heavy atom. The van der Waals surface area contributed by atoms with Gasteiger partial charge >= 0.3 is 0 Å². The van der Waals surface area contributed by atoms with E-state index in [0.717, 1.165) is 29.0 Å². The van der Waals surface area contributed by atoms with E-state index in [0.29, 0.717) is 5.02 Å². The molecule has 0 aliphatic heterocycles. The Morgan fingerprint density at radius 3 is 2.55 bits per heavy atom. The fourth-order valence-corrected chi connectivity index (χ4v) is 2.51. The van der Waals surface area contributed by atoms with Crippen LogP contribution in [-0.4, -0.2) is 14.5 Å². The molecule has 0 saturated heterocycles. The number of halogens is 1. The largest absolute Gasteiger partial charge is 0.390 e. The summed E-state index contributed by atoms with van der Waals surface area (Å²) in [4.78, 5) is 4.59. The number of imidazole rings is 1. The molecule has 102 valence electrons. The Labute approximate surface area is 122 Å². The molecular formula is C16H15ClN2O. The number of aliphatic hydroxyl groups is 1. The smallest absolute Gasteiger partial charge is 0.137 e. The van der Waals surface area contributed by atoms with Crippen LogP contribution in [0.3, 0.4) is 0 Å². The number of rotatable bonds is 3. The van der Waals surface area contributed by atoms with E-state index in [9.17, 15) is 5.11 Å². The summed E-state index contributed by atoms with van der Waals surface area (Å²) in [7, 11) is 0. The lowest BCUT2D eigenvalue weighted by Gasteiger charge is -2.03. The average molecular weight is 287 g/mol. The summed E-state index contributed by atoms with van der Waals surface area (Å²) in [6.07, 6.45) is 2.78. The minimum absolute atomic E-state index is 0.0770. The van der Waals surface area contributed by atoms with Gasteiger partial charge in [-0.2, -0.15) is 0 Å². The van der Waals surface area contributed by atoms with E-state index in [-0.39, 0.29) is 6.61 Å². The fourth-order valence-electron chi connectivity index (χ4n) is 2.35. The topological polar surface area (TPSA) is 37.5 Å². The Morgan fingerprint density at radius 2 is 1.90 bits per heavy atom. The number of aryl methyl sites for hydroxylation is 1. The molecule has 4 heteroatoms. The third-order valence-electron chi connectivity index (χ3n) is 3.47. The molecule has 3 nitrogen and oxygen atoms in total. The van der Waals surface area contributed by atoms with Crippen molar-refractivity contribution in [3.63, 3.8) is 0 Å². The molecule has 20 heavy (non-hydrogen) atoms. The highest BCUT2D eigenvalue weighted by molar-refractivity contribution is 6.30. The summed E-state index contributed by atoms with van der Waals surface area (Å²) in [5, 5.41) is 10.3. The number of hydrogen-bond acceptors (Lipinski definition) is 2. The molecule has 0 aliphatic carbocycles. The lowest BCUT2D eigenvalue weighted by atomic mass is 10.1. The lowest BCUT2D eigenvalue weighted by Crippen LogP contribution is -1.94. The number of fused-ring (bicyclic) bond motifs is 1. The van der Waals surface area contributed by atoms with Crippen LogP contribution >= 0.6 is 11.6 Å². The van der Waals surface area contributed by atoms with Crippen molar-refractivity contribution in [1.82, 2.24) is 9.38 Å². The first-order chi connectivity index (χ1) is 9.72. The molecule has 3 rings (SSSR count). The second-order valence-electron chi connectivity index (χ2n) is 4.69. The predicted octanol–water partition coefficient (Wildman–Crippen LogP) is 3.71. The van der Waals surface area contributed by atoms with Crippen molar-refractivity contribution in [3.05, 3.63) is 58.9 Å². The highest BCUT2D eigenvalue weighted by Crippen LogP contribution is 2.26. The summed E-state index contributed by atoms with van der Waals surface area (Å²) in [5.74, 6) is 0. The molecule has 0 atom stereocenters. The zero-order valence-electron chi connectivity index (χ0n) is 11.2. The van der Waals surface area contributed by atoms with Gasteiger partial charge in [-0.3, -0.25) is 4.40 Å². The first-order valence-electron chi connectivity index (χ1n) is 6.59. The van der Waals surface area contributed by atoms with E-state index in [2.05, 4.69) is 24.0 Å². The first kappa shape index (κ1) is 13.2. The van der Waals surface area contributed by atoms with Gasteiger partial charge in [-0.05, 0) is 24.1 Å². The van der Waals surface area contributed by atoms with Gasteiger partial charge < -0.3 is 5.11 Å². The van der Waals surface area contributed by atoms with E-state index in [4.69, 9.17) is 11.6 Å². The molecule has 0 bridgehead atoms. The number of aliphatic hydroxyl groups excluding tert-OH is 1. The maximum absolute atomic E-state index is 9.65. The van der Waals surface area contributed by atoms with Crippen molar-refractivity contribution in [2.75, 3.05) is 0 Å². The van der Waals surface area contributed by atoms with Gasteiger partial charge in [-0.15, -0.1) is 0 Å². The minimum Gasteiger partial charge on any atom is -0.390 e. The van der Waals surface area contributed by atoms with Crippen LogP contribution in [0.5, 0.6) is 0 Å². The van der Waals surface area contributed by atoms with Crippen molar-refractivity contribution in [2.24, 2.45) is 0 Å². The molecule has 1 aromatic carbocycles. The van der Waals surface area contributed by atoms with Gasteiger partial charge in [0.15, 0.2) is 0 Å². The first-order valence-corrected chi connectivity index (χ1v) is 6.97. The van der Waals surface area contributed by atoms with Crippen LogP contribution in [0, 0.1) is 0 Å². The molecule has 0 fully saturated rings. The van der Waals surface area contributed by atoms with Crippen molar-refractivity contribution >= 4 is 17.2 Å². The molecule has 0 radical (unpaired) electrons. The molecule has 2 aromatic heterocycles. The van der Waals surface area contributed by atoms with Crippen molar-refractivity contribution in [3.8, 4) is 11.3 Å². The van der Waals surface area contributed by atoms with Crippen LogP contribution < -0.4 is 0 Å². The van der Waals surface area contributed by atoms with E-state index in [1.807, 2.05) is 22.6 Å². The van der Waals surface area contributed by atoms with E-state index >= 15 is 0 Å². The third-order valence-corrected chi connectivity index (χ3v) is 3.69. The van der Waals surface area contributed by atoms with Gasteiger partial charge in [0.1, 0.15) is 5.65 Å². The zero-order chi connectivity index (χ0) is 14.1. The molecule has 1 N–H and O–H groups in total. The van der Waals surface area contributed by atoms with Crippen molar-refractivity contribution in [1.29, 1.82) is 0 Å². The van der Waals surface area contributed by atoms with Crippen LogP contribution in [0.4, 0.5) is 0 Å². The Hall–Kier alpha value is -1.84. The summed E-state index contributed by atoms with van der Waals surface area (Å²) in [6.45, 7) is 2.05. The number of nitrogens with zero attached hydrogens (tertiary/aromatic N) is 2. The highest BCUT2D eigenvalue weighted by atomic mass is 35.5. The van der Waals surface area contributed by atoms with Crippen molar-refractivity contribution in [2.45, 2.75) is 20.0 Å². The molecule has 0 spiro atoms. The Kier molecular flexibility index (Phi) is 3.47. The lowest BCUT2D eigenvalue weighted by molar-refractivity contribution is 0.276. The van der Waals surface area contributed by atoms with Crippen LogP contribution in [0.2, 0.25) is 5.02 Å². The van der Waals surface area contributed by atoms with Gasteiger partial charge in [0.2, 0.25) is 0 Å². The van der Waals surface area contributed by atoms with E-state index in [1.165, 1.54) is 5.56 Å². The zero-order valence-corrected chi connectivity index (χ0v) is 11.9. The van der Waals surface area contributed by atoms with Crippen LogP contribution in [-0.2, 0) is 13.0 Å². The summed E-state index contributed by atoms with van der Waals surface area (Å²) >= 11 is 6.01. The Balaban J connectivity index is 2.19. The van der Waals surface area contributed by atoms with Gasteiger partial charge in [-0.25, -0.2) is 4.98 Å². The third kappa shape index (κ3) is 2.19. The fraction of sp³-hybridized carbons (Fsp3) is 0.188. The van der Waals surface area contributed by atoms with Gasteiger partial charge in [0.05, 0.1) is 23.0 Å². The van der Waals surface area contributed by atoms with Gasteiger partial charge in [0.25, 0.3) is 0 Å². The summed E-state index contributed by atoms with van der Waals surface area (Å²) in [5.41, 5.74) is 4.63. The number of benzene rings is 1. The summed E-state index contributed by atoms with van der Waals surface area (Å²) in [6, 6.07) is 11.9. The Bertz CT molecular complexity index is 747. The SMILES string of the molecule is CCc1ccc(-c2nc3ccc(Cl)cn3c2CO)cc1. The predicted molar refractivity (Wildman–Crippen MR) is 80.9 cm³/mol. The highest BCUT2D eigenvalue weighted by Gasteiger charge is 2.13. The van der Waals surface area contributed by atoms with Gasteiger partial charge in [0, 0.05) is 11.8 Å². The molecule has 0 amide bonds. The average Bonchev–Trinajstić information content (AvgIpc) is 2.85. The molecule has 0 unspecified atom stereocenters. The number of aromatic nitrogens is 2. The molecule has 2 heterocycles. The standard InChI is InChI=1S/C16H15ClN2O/c1-2-11-3-5-12(6-4-11)16-14(10-20)19-9-13(17)7-8-15(19)18-16/h3-9,20H,2,10H2,1H3. The van der Waals surface area contributed by atoms with E-state index in [1.54, 1.807) is 12.3 Å². The van der Waals surface area contributed by atoms with Crippen LogP contribution in [0.15, 0.2) is 42.6 Å². The quantitative estimate of drug-likeness (QED) is 0.797. The second kappa shape index (κ2) is 5.27. The monoisotopic (exact) mass is 286 g/mol. The molecular weight excluding hydrogens is 272 g/mol. The second-order valence-corrected chi connectivity index (χ2v) is 5.13. The maximum atomic E-state index is 9.65. The van der Waals surface area contributed by atoms with Crippen molar-refractivity contribution < 1.29 is 5.11 Å². The summed E-state index contributed by atoms with van der Waals surface area (Å²) < 4.78 is 1.84. The number of hydrogen-bond donors (Lipinski definition) is 1. The van der Waals surface area contributed by atoms with Crippen LogP contribution in [0.1, 0.15) is 18.2 Å². The molecule has 0 saturated carbocycles. The molecule has 0 aliphatic rings. The molecule has 3 aromatic rings. The minimum atomic E-state index is -0.0770. The normalized spacial score (nSPS) is 11.2. The maximum Gasteiger partial charge on any atom is 0.137 e. The van der Waals surface area contributed by atoms with Gasteiger partial charge in [-0.1, -0.05) is 42.8 Å². The van der Waals surface area contributed by atoms with E-state index < -0.39 is 0 Å². The van der Waals surface area contributed by atoms with Crippen LogP contribution in [0.25, 0.3) is 16.9 Å². The number of pyridine rings is 1.